The molecule has 1 aromatic heterocycles. The summed E-state index contributed by atoms with van der Waals surface area (Å²) in [5.41, 5.74) is 0.998. The van der Waals surface area contributed by atoms with E-state index in [1.54, 1.807) is 16.2 Å². The standard InChI is InChI=1S/C15H17ClN2OS/c1-2-18(11-14-7-4-8-20-14)15(19)17-10-12-5-3-6-13(16)9-12/h3-9H,2,10-11H2,1H3,(H,17,19). The Morgan fingerprint density at radius 2 is 2.20 bits per heavy atom. The minimum Gasteiger partial charge on any atom is -0.334 e. The lowest BCUT2D eigenvalue weighted by molar-refractivity contribution is 0.198. The van der Waals surface area contributed by atoms with Gasteiger partial charge in [0.05, 0.1) is 6.54 Å². The minimum atomic E-state index is -0.0547. The largest absolute Gasteiger partial charge is 0.334 e. The Balaban J connectivity index is 1.89. The van der Waals surface area contributed by atoms with Gasteiger partial charge in [0.1, 0.15) is 0 Å². The molecule has 0 aliphatic carbocycles. The van der Waals surface area contributed by atoms with Crippen molar-refractivity contribution < 1.29 is 4.79 Å². The zero-order valence-corrected chi connectivity index (χ0v) is 12.9. The van der Waals surface area contributed by atoms with Crippen molar-refractivity contribution in [3.63, 3.8) is 0 Å². The first kappa shape index (κ1) is 14.9. The minimum absolute atomic E-state index is 0.0547. The van der Waals surface area contributed by atoms with Gasteiger partial charge >= 0.3 is 6.03 Å². The summed E-state index contributed by atoms with van der Waals surface area (Å²) in [4.78, 5) is 15.1. The predicted octanol–water partition coefficient (Wildman–Crippen LogP) is 4.13. The number of thiophene rings is 1. The first-order valence-corrected chi connectivity index (χ1v) is 7.74. The SMILES string of the molecule is CCN(Cc1cccs1)C(=O)NCc1cccc(Cl)c1. The third kappa shape index (κ3) is 4.25. The van der Waals surface area contributed by atoms with E-state index in [4.69, 9.17) is 11.6 Å². The van der Waals surface area contributed by atoms with Gasteiger partial charge < -0.3 is 10.2 Å². The van der Waals surface area contributed by atoms with Gasteiger partial charge in [-0.1, -0.05) is 29.8 Å². The topological polar surface area (TPSA) is 32.3 Å². The number of amides is 2. The highest BCUT2D eigenvalue weighted by Crippen LogP contribution is 2.13. The zero-order valence-electron chi connectivity index (χ0n) is 11.3. The van der Waals surface area contributed by atoms with Gasteiger partial charge in [-0.25, -0.2) is 4.79 Å². The van der Waals surface area contributed by atoms with Crippen molar-refractivity contribution in [1.29, 1.82) is 0 Å². The van der Waals surface area contributed by atoms with Gasteiger partial charge in [-0.3, -0.25) is 0 Å². The van der Waals surface area contributed by atoms with Crippen LogP contribution in [-0.4, -0.2) is 17.5 Å². The molecule has 0 radical (unpaired) electrons. The number of hydrogen-bond acceptors (Lipinski definition) is 2. The van der Waals surface area contributed by atoms with E-state index >= 15 is 0 Å². The van der Waals surface area contributed by atoms with Crippen molar-refractivity contribution in [3.05, 3.63) is 57.2 Å². The van der Waals surface area contributed by atoms with Crippen LogP contribution in [-0.2, 0) is 13.1 Å². The molecule has 20 heavy (non-hydrogen) atoms. The quantitative estimate of drug-likeness (QED) is 0.885. The number of benzene rings is 1. The Labute approximate surface area is 128 Å². The summed E-state index contributed by atoms with van der Waals surface area (Å²) in [7, 11) is 0. The number of carbonyl (C=O) groups excluding carboxylic acids is 1. The highest BCUT2D eigenvalue weighted by atomic mass is 35.5. The Kier molecular flexibility index (Phi) is 5.44. The van der Waals surface area contributed by atoms with Crippen LogP contribution in [0.1, 0.15) is 17.4 Å². The van der Waals surface area contributed by atoms with E-state index in [1.807, 2.05) is 48.7 Å². The van der Waals surface area contributed by atoms with Crippen LogP contribution in [0.3, 0.4) is 0 Å². The first-order valence-electron chi connectivity index (χ1n) is 6.48. The van der Waals surface area contributed by atoms with Gasteiger partial charge in [0.15, 0.2) is 0 Å². The average Bonchev–Trinajstić information content (AvgIpc) is 2.95. The van der Waals surface area contributed by atoms with Gasteiger partial charge in [0, 0.05) is 23.0 Å². The van der Waals surface area contributed by atoms with E-state index < -0.39 is 0 Å². The van der Waals surface area contributed by atoms with E-state index in [-0.39, 0.29) is 6.03 Å². The average molecular weight is 309 g/mol. The molecule has 1 N–H and O–H groups in total. The van der Waals surface area contributed by atoms with Crippen molar-refractivity contribution in [2.24, 2.45) is 0 Å². The molecule has 0 saturated carbocycles. The maximum Gasteiger partial charge on any atom is 0.317 e. The van der Waals surface area contributed by atoms with E-state index in [2.05, 4.69) is 5.32 Å². The molecule has 0 aliphatic rings. The van der Waals surface area contributed by atoms with Gasteiger partial charge in [0.2, 0.25) is 0 Å². The number of hydrogen-bond donors (Lipinski definition) is 1. The van der Waals surface area contributed by atoms with Gasteiger partial charge in [-0.2, -0.15) is 0 Å². The Morgan fingerprint density at radius 3 is 2.85 bits per heavy atom. The van der Waals surface area contributed by atoms with Crippen molar-refractivity contribution >= 4 is 29.0 Å². The van der Waals surface area contributed by atoms with Crippen molar-refractivity contribution in [1.82, 2.24) is 10.2 Å². The molecule has 3 nitrogen and oxygen atoms in total. The number of halogens is 1. The highest BCUT2D eigenvalue weighted by molar-refractivity contribution is 7.09. The van der Waals surface area contributed by atoms with Crippen LogP contribution in [0, 0.1) is 0 Å². The summed E-state index contributed by atoms with van der Waals surface area (Å²) < 4.78 is 0. The van der Waals surface area contributed by atoms with Gasteiger partial charge in [-0.05, 0) is 36.1 Å². The van der Waals surface area contributed by atoms with Crippen molar-refractivity contribution in [2.45, 2.75) is 20.0 Å². The molecule has 0 fully saturated rings. The second kappa shape index (κ2) is 7.31. The number of nitrogens with zero attached hydrogens (tertiary/aromatic N) is 1. The number of carbonyl (C=O) groups is 1. The Morgan fingerprint density at radius 1 is 1.35 bits per heavy atom. The normalized spacial score (nSPS) is 10.3. The second-order valence-electron chi connectivity index (χ2n) is 4.38. The molecule has 2 rings (SSSR count). The van der Waals surface area contributed by atoms with Gasteiger partial charge in [-0.15, -0.1) is 11.3 Å². The molecule has 5 heteroatoms. The predicted molar refractivity (Wildman–Crippen MR) is 84.1 cm³/mol. The fourth-order valence-corrected chi connectivity index (χ4v) is 2.79. The van der Waals surface area contributed by atoms with Crippen LogP contribution in [0.2, 0.25) is 5.02 Å². The maximum atomic E-state index is 12.1. The summed E-state index contributed by atoms with van der Waals surface area (Å²) in [6.45, 7) is 3.79. The molecule has 0 aliphatic heterocycles. The summed E-state index contributed by atoms with van der Waals surface area (Å²) >= 11 is 7.58. The molecule has 106 valence electrons. The first-order chi connectivity index (χ1) is 9.69. The summed E-state index contributed by atoms with van der Waals surface area (Å²) in [6.07, 6.45) is 0. The molecule has 1 aromatic carbocycles. The van der Waals surface area contributed by atoms with E-state index in [0.29, 0.717) is 24.7 Å². The molecular weight excluding hydrogens is 292 g/mol. The van der Waals surface area contributed by atoms with Crippen molar-refractivity contribution in [2.75, 3.05) is 6.54 Å². The third-order valence-corrected chi connectivity index (χ3v) is 4.02. The van der Waals surface area contributed by atoms with Crippen LogP contribution in [0.5, 0.6) is 0 Å². The highest BCUT2D eigenvalue weighted by Gasteiger charge is 2.12. The Bertz CT molecular complexity index is 557. The number of urea groups is 1. The zero-order chi connectivity index (χ0) is 14.4. The van der Waals surface area contributed by atoms with Crippen LogP contribution in [0.4, 0.5) is 4.79 Å². The van der Waals surface area contributed by atoms with Crippen LogP contribution in [0.15, 0.2) is 41.8 Å². The molecule has 0 spiro atoms. The lowest BCUT2D eigenvalue weighted by atomic mass is 10.2. The fourth-order valence-electron chi connectivity index (χ4n) is 1.85. The fraction of sp³-hybridized carbons (Fsp3) is 0.267. The molecule has 2 aromatic rings. The molecule has 0 unspecified atom stereocenters. The van der Waals surface area contributed by atoms with E-state index in [0.717, 1.165) is 5.56 Å². The smallest absolute Gasteiger partial charge is 0.317 e. The number of nitrogens with one attached hydrogen (secondary N) is 1. The summed E-state index contributed by atoms with van der Waals surface area (Å²) in [5.74, 6) is 0. The monoisotopic (exact) mass is 308 g/mol. The Hall–Kier alpha value is -1.52. The summed E-state index contributed by atoms with van der Waals surface area (Å²) in [6, 6.07) is 11.5. The number of rotatable bonds is 5. The van der Waals surface area contributed by atoms with Crippen LogP contribution < -0.4 is 5.32 Å². The second-order valence-corrected chi connectivity index (χ2v) is 5.85. The summed E-state index contributed by atoms with van der Waals surface area (Å²) in [5, 5.41) is 5.63. The molecule has 0 atom stereocenters. The molecule has 0 saturated heterocycles. The lowest BCUT2D eigenvalue weighted by Gasteiger charge is -2.20. The molecule has 1 heterocycles. The third-order valence-electron chi connectivity index (χ3n) is 2.93. The van der Waals surface area contributed by atoms with E-state index in [1.165, 1.54) is 4.88 Å². The van der Waals surface area contributed by atoms with Crippen molar-refractivity contribution in [3.8, 4) is 0 Å². The lowest BCUT2D eigenvalue weighted by Crippen LogP contribution is -2.38. The van der Waals surface area contributed by atoms with E-state index in [9.17, 15) is 4.79 Å². The molecular formula is C15H17ClN2OS. The molecule has 2 amide bonds. The van der Waals surface area contributed by atoms with Crippen LogP contribution in [0.25, 0.3) is 0 Å². The molecule has 0 bridgehead atoms. The van der Waals surface area contributed by atoms with Crippen LogP contribution >= 0.6 is 22.9 Å². The maximum absolute atomic E-state index is 12.1. The van der Waals surface area contributed by atoms with Gasteiger partial charge in [0.25, 0.3) is 0 Å².